The second-order valence-electron chi connectivity index (χ2n) is 5.31. The second-order valence-corrected chi connectivity index (χ2v) is 6.26. The van der Waals surface area contributed by atoms with Crippen molar-refractivity contribution in [1.82, 2.24) is 4.90 Å². The largest absolute Gasteiger partial charge is 0.337 e. The Morgan fingerprint density at radius 2 is 2.09 bits per heavy atom. The summed E-state index contributed by atoms with van der Waals surface area (Å²) in [6, 6.07) is 10.7. The zero-order chi connectivity index (χ0) is 15.5. The van der Waals surface area contributed by atoms with Crippen LogP contribution < -0.4 is 11.1 Å². The minimum atomic E-state index is -0.164. The third kappa shape index (κ3) is 4.10. The molecule has 1 fully saturated rings. The number of likely N-dealkylation sites (tertiary alicyclic amines) is 1. The van der Waals surface area contributed by atoms with Crippen molar-refractivity contribution in [2.75, 3.05) is 18.4 Å². The van der Waals surface area contributed by atoms with Crippen LogP contribution in [0.25, 0.3) is 0 Å². The summed E-state index contributed by atoms with van der Waals surface area (Å²) in [5.41, 5.74) is 7.03. The lowest BCUT2D eigenvalue weighted by Crippen LogP contribution is -2.31. The lowest BCUT2D eigenvalue weighted by Gasteiger charge is -2.16. The van der Waals surface area contributed by atoms with E-state index in [1.165, 1.54) is 11.3 Å². The number of hydrogen-bond acceptors (Lipinski definition) is 4. The molecule has 0 saturated carbocycles. The number of thiophene rings is 1. The minimum Gasteiger partial charge on any atom is -0.337 e. The van der Waals surface area contributed by atoms with E-state index in [0.29, 0.717) is 29.2 Å². The van der Waals surface area contributed by atoms with Crippen LogP contribution in [0.1, 0.15) is 26.5 Å². The summed E-state index contributed by atoms with van der Waals surface area (Å²) in [7, 11) is 0. The van der Waals surface area contributed by atoms with Gasteiger partial charge in [-0.25, -0.2) is 0 Å². The Bertz CT molecular complexity index is 690. The average Bonchev–Trinajstić information content (AvgIpc) is 3.18. The van der Waals surface area contributed by atoms with Gasteiger partial charge in [0.25, 0.3) is 11.8 Å². The van der Waals surface area contributed by atoms with E-state index in [4.69, 9.17) is 5.73 Å². The first-order valence-electron chi connectivity index (χ1n) is 7.13. The molecule has 1 atom stereocenters. The smallest absolute Gasteiger partial charge is 0.265 e. The lowest BCUT2D eigenvalue weighted by atomic mass is 10.1. The van der Waals surface area contributed by atoms with Crippen molar-refractivity contribution in [3.05, 3.63) is 52.2 Å². The Hall–Kier alpha value is -1.89. The molecule has 1 aromatic heterocycles. The second kappa shape index (κ2) is 7.59. The number of nitrogens with two attached hydrogens (primary N) is 1. The van der Waals surface area contributed by atoms with Gasteiger partial charge in [0.15, 0.2) is 0 Å². The molecule has 1 aliphatic rings. The van der Waals surface area contributed by atoms with Crippen molar-refractivity contribution in [2.24, 2.45) is 5.73 Å². The zero-order valence-electron chi connectivity index (χ0n) is 12.4. The number of nitrogens with zero attached hydrogens (tertiary/aromatic N) is 1. The van der Waals surface area contributed by atoms with Crippen LogP contribution in [0.15, 0.2) is 41.8 Å². The van der Waals surface area contributed by atoms with Crippen molar-refractivity contribution in [1.29, 1.82) is 0 Å². The van der Waals surface area contributed by atoms with Gasteiger partial charge < -0.3 is 16.0 Å². The molecule has 3 N–H and O–H groups in total. The highest BCUT2D eigenvalue weighted by Gasteiger charge is 2.24. The van der Waals surface area contributed by atoms with Crippen molar-refractivity contribution < 1.29 is 9.59 Å². The van der Waals surface area contributed by atoms with Gasteiger partial charge in [0.1, 0.15) is 0 Å². The quantitative estimate of drug-likeness (QED) is 0.892. The number of rotatable bonds is 3. The third-order valence-electron chi connectivity index (χ3n) is 3.62. The van der Waals surface area contributed by atoms with Gasteiger partial charge in [-0.1, -0.05) is 12.1 Å². The summed E-state index contributed by atoms with van der Waals surface area (Å²) in [5, 5.41) is 4.67. The Morgan fingerprint density at radius 1 is 1.26 bits per heavy atom. The van der Waals surface area contributed by atoms with Gasteiger partial charge in [0, 0.05) is 30.4 Å². The number of carbonyl (C=O) groups is 2. The van der Waals surface area contributed by atoms with E-state index in [9.17, 15) is 9.59 Å². The number of nitrogens with one attached hydrogen (secondary N) is 1. The molecule has 2 amide bonds. The van der Waals surface area contributed by atoms with E-state index in [0.717, 1.165) is 6.42 Å². The Balaban J connectivity index is 0.00000192. The maximum Gasteiger partial charge on any atom is 0.265 e. The van der Waals surface area contributed by atoms with Crippen molar-refractivity contribution in [2.45, 2.75) is 12.5 Å². The molecule has 7 heteroatoms. The van der Waals surface area contributed by atoms with Crippen LogP contribution in [-0.2, 0) is 0 Å². The number of anilines is 1. The summed E-state index contributed by atoms with van der Waals surface area (Å²) < 4.78 is 0. The fourth-order valence-electron chi connectivity index (χ4n) is 2.48. The first-order chi connectivity index (χ1) is 10.6. The van der Waals surface area contributed by atoms with Crippen LogP contribution in [0, 0.1) is 0 Å². The van der Waals surface area contributed by atoms with E-state index < -0.39 is 0 Å². The monoisotopic (exact) mass is 351 g/mol. The van der Waals surface area contributed by atoms with Gasteiger partial charge in [-0.15, -0.1) is 23.7 Å². The molecular formula is C16H18ClN3O2S. The zero-order valence-corrected chi connectivity index (χ0v) is 14.0. The third-order valence-corrected chi connectivity index (χ3v) is 4.49. The number of amides is 2. The maximum atomic E-state index is 12.4. The van der Waals surface area contributed by atoms with Crippen LogP contribution in [-0.4, -0.2) is 35.8 Å². The molecule has 1 saturated heterocycles. The SMILES string of the molecule is Cl.N[C@@H]1CCN(C(=O)c2cccc(NC(=O)c3cccs3)c2)C1. The van der Waals surface area contributed by atoms with Gasteiger partial charge in [-0.3, -0.25) is 9.59 Å². The standard InChI is InChI=1S/C16H17N3O2S.ClH/c17-12-6-7-19(10-12)16(21)11-3-1-4-13(9-11)18-15(20)14-5-2-8-22-14;/h1-5,8-9,12H,6-7,10,17H2,(H,18,20);1H/t12-;/m1./s1. The fourth-order valence-corrected chi connectivity index (χ4v) is 3.10. The van der Waals surface area contributed by atoms with Crippen LogP contribution in [0.2, 0.25) is 0 Å². The first-order valence-corrected chi connectivity index (χ1v) is 8.01. The van der Waals surface area contributed by atoms with Crippen molar-refractivity contribution in [3.8, 4) is 0 Å². The summed E-state index contributed by atoms with van der Waals surface area (Å²) in [6.07, 6.45) is 0.834. The van der Waals surface area contributed by atoms with Crippen LogP contribution >= 0.6 is 23.7 Å². The molecule has 1 aliphatic heterocycles. The highest BCUT2D eigenvalue weighted by molar-refractivity contribution is 7.12. The molecule has 0 spiro atoms. The highest BCUT2D eigenvalue weighted by Crippen LogP contribution is 2.18. The van der Waals surface area contributed by atoms with E-state index in [1.807, 2.05) is 11.4 Å². The summed E-state index contributed by atoms with van der Waals surface area (Å²) in [5.74, 6) is -0.206. The summed E-state index contributed by atoms with van der Waals surface area (Å²) in [4.78, 5) is 26.9. The number of carbonyl (C=O) groups excluding carboxylic acids is 2. The highest BCUT2D eigenvalue weighted by atomic mass is 35.5. The number of halogens is 1. The molecule has 2 aromatic rings. The molecule has 5 nitrogen and oxygen atoms in total. The van der Waals surface area contributed by atoms with Gasteiger partial charge in [0.05, 0.1) is 4.88 Å². The molecule has 2 heterocycles. The average molecular weight is 352 g/mol. The fraction of sp³-hybridized carbons (Fsp3) is 0.250. The Labute approximate surface area is 144 Å². The van der Waals surface area contributed by atoms with Crippen LogP contribution in [0.5, 0.6) is 0 Å². The molecule has 122 valence electrons. The van der Waals surface area contributed by atoms with Crippen LogP contribution in [0.3, 0.4) is 0 Å². The van der Waals surface area contributed by atoms with Crippen LogP contribution in [0.4, 0.5) is 5.69 Å². The topological polar surface area (TPSA) is 75.4 Å². The Morgan fingerprint density at radius 3 is 2.74 bits per heavy atom. The van der Waals surface area contributed by atoms with E-state index in [-0.39, 0.29) is 30.3 Å². The van der Waals surface area contributed by atoms with E-state index in [2.05, 4.69) is 5.32 Å². The van der Waals surface area contributed by atoms with Crippen molar-refractivity contribution in [3.63, 3.8) is 0 Å². The normalized spacial score (nSPS) is 16.7. The maximum absolute atomic E-state index is 12.4. The van der Waals surface area contributed by atoms with Gasteiger partial charge >= 0.3 is 0 Å². The lowest BCUT2D eigenvalue weighted by molar-refractivity contribution is 0.0790. The molecular weight excluding hydrogens is 334 g/mol. The molecule has 0 radical (unpaired) electrons. The predicted molar refractivity (Wildman–Crippen MR) is 94.5 cm³/mol. The van der Waals surface area contributed by atoms with Gasteiger partial charge in [-0.2, -0.15) is 0 Å². The molecule has 0 bridgehead atoms. The molecule has 3 rings (SSSR count). The summed E-state index contributed by atoms with van der Waals surface area (Å²) in [6.45, 7) is 1.27. The van der Waals surface area contributed by atoms with E-state index >= 15 is 0 Å². The molecule has 0 unspecified atom stereocenters. The molecule has 23 heavy (non-hydrogen) atoms. The summed E-state index contributed by atoms with van der Waals surface area (Å²) >= 11 is 1.38. The minimum absolute atomic E-state index is 0. The first kappa shape index (κ1) is 17.5. The van der Waals surface area contributed by atoms with Crippen molar-refractivity contribution >= 4 is 41.2 Å². The number of benzene rings is 1. The Kier molecular flexibility index (Phi) is 5.76. The molecule has 1 aromatic carbocycles. The predicted octanol–water partition coefficient (Wildman–Crippen LogP) is 2.60. The number of hydrogen-bond donors (Lipinski definition) is 2. The van der Waals surface area contributed by atoms with Gasteiger partial charge in [-0.05, 0) is 36.1 Å². The van der Waals surface area contributed by atoms with Gasteiger partial charge in [0.2, 0.25) is 0 Å². The molecule has 0 aliphatic carbocycles. The van der Waals surface area contributed by atoms with E-state index in [1.54, 1.807) is 35.2 Å².